The number of halogens is 1. The Morgan fingerprint density at radius 2 is 1.95 bits per heavy atom. The van der Waals surface area contributed by atoms with Crippen LogP contribution in [0.3, 0.4) is 0 Å². The zero-order chi connectivity index (χ0) is 16.1. The third-order valence-corrected chi connectivity index (χ3v) is 3.48. The van der Waals surface area contributed by atoms with Gasteiger partial charge in [-0.25, -0.2) is 0 Å². The summed E-state index contributed by atoms with van der Waals surface area (Å²) in [5.41, 5.74) is 1.95. The number of ether oxygens (including phenoxy) is 1. The fraction of sp³-hybridized carbons (Fsp3) is 0.176. The van der Waals surface area contributed by atoms with Crippen LogP contribution in [-0.4, -0.2) is 25.0 Å². The molecule has 0 fully saturated rings. The molecule has 4 nitrogen and oxygen atoms in total. The van der Waals surface area contributed by atoms with Gasteiger partial charge < -0.3 is 9.64 Å². The van der Waals surface area contributed by atoms with Gasteiger partial charge in [0, 0.05) is 18.6 Å². The first-order valence-corrected chi connectivity index (χ1v) is 7.01. The van der Waals surface area contributed by atoms with Crippen LogP contribution in [0.1, 0.15) is 21.5 Å². The first-order chi connectivity index (χ1) is 10.5. The van der Waals surface area contributed by atoms with Gasteiger partial charge in [-0.3, -0.25) is 4.79 Å². The molecule has 2 aromatic carbocycles. The Morgan fingerprint density at radius 1 is 1.27 bits per heavy atom. The molecule has 0 N–H and O–H groups in total. The van der Waals surface area contributed by atoms with E-state index in [9.17, 15) is 4.79 Å². The van der Waals surface area contributed by atoms with Crippen LogP contribution in [-0.2, 0) is 6.54 Å². The predicted octanol–water partition coefficient (Wildman–Crippen LogP) is 3.49. The summed E-state index contributed by atoms with van der Waals surface area (Å²) in [5.74, 6) is 0.310. The molecule has 0 aliphatic heterocycles. The minimum atomic E-state index is -0.177. The van der Waals surface area contributed by atoms with E-state index in [0.717, 1.165) is 5.56 Å². The highest BCUT2D eigenvalue weighted by Gasteiger charge is 2.17. The van der Waals surface area contributed by atoms with Crippen molar-refractivity contribution in [3.63, 3.8) is 0 Å². The van der Waals surface area contributed by atoms with E-state index in [1.165, 1.54) is 7.11 Å². The average molecular weight is 315 g/mol. The van der Waals surface area contributed by atoms with E-state index < -0.39 is 0 Å². The van der Waals surface area contributed by atoms with Gasteiger partial charge in [-0.05, 0) is 35.9 Å². The highest BCUT2D eigenvalue weighted by atomic mass is 35.5. The molecule has 0 atom stereocenters. The summed E-state index contributed by atoms with van der Waals surface area (Å²) in [6.45, 7) is 0.431. The maximum Gasteiger partial charge on any atom is 0.257 e. The molecule has 0 bridgehead atoms. The van der Waals surface area contributed by atoms with E-state index in [4.69, 9.17) is 21.6 Å². The van der Waals surface area contributed by atoms with Crippen LogP contribution in [0.25, 0.3) is 0 Å². The van der Waals surface area contributed by atoms with Crippen LogP contribution in [0.15, 0.2) is 42.5 Å². The van der Waals surface area contributed by atoms with Gasteiger partial charge in [0.2, 0.25) is 0 Å². The molecule has 0 heterocycles. The van der Waals surface area contributed by atoms with Gasteiger partial charge in [0.15, 0.2) is 0 Å². The molecule has 0 aliphatic rings. The number of hydrogen-bond acceptors (Lipinski definition) is 3. The van der Waals surface area contributed by atoms with Crippen molar-refractivity contribution in [3.05, 3.63) is 64.2 Å². The van der Waals surface area contributed by atoms with Crippen molar-refractivity contribution < 1.29 is 9.53 Å². The minimum absolute atomic E-state index is 0.177. The molecule has 2 rings (SSSR count). The van der Waals surface area contributed by atoms with Crippen LogP contribution in [0.2, 0.25) is 5.02 Å². The van der Waals surface area contributed by atoms with E-state index in [1.54, 1.807) is 42.3 Å². The molecule has 0 unspecified atom stereocenters. The van der Waals surface area contributed by atoms with E-state index in [-0.39, 0.29) is 5.91 Å². The van der Waals surface area contributed by atoms with Crippen molar-refractivity contribution in [2.45, 2.75) is 6.54 Å². The third kappa shape index (κ3) is 3.57. The standard InChI is InChI=1S/C17H15ClN2O2/c1-20(11-13-5-3-12(10-19)4-6-13)17(21)15-9-14(18)7-8-16(15)22-2/h3-9H,11H2,1-2H3. The second kappa shape index (κ2) is 6.97. The van der Waals surface area contributed by atoms with Crippen molar-refractivity contribution in [2.75, 3.05) is 14.2 Å². The smallest absolute Gasteiger partial charge is 0.257 e. The van der Waals surface area contributed by atoms with E-state index >= 15 is 0 Å². The largest absolute Gasteiger partial charge is 0.496 e. The second-order valence-corrected chi connectivity index (χ2v) is 5.25. The summed E-state index contributed by atoms with van der Waals surface area (Å²) < 4.78 is 5.21. The summed E-state index contributed by atoms with van der Waals surface area (Å²) in [7, 11) is 3.22. The number of carbonyl (C=O) groups excluding carboxylic acids is 1. The fourth-order valence-electron chi connectivity index (χ4n) is 2.08. The Labute approximate surface area is 134 Å². The van der Waals surface area contributed by atoms with Crippen molar-refractivity contribution in [1.82, 2.24) is 4.90 Å². The third-order valence-electron chi connectivity index (χ3n) is 3.24. The van der Waals surface area contributed by atoms with E-state index in [0.29, 0.717) is 28.4 Å². The molecule has 5 heteroatoms. The number of nitriles is 1. The lowest BCUT2D eigenvalue weighted by Crippen LogP contribution is -2.26. The topological polar surface area (TPSA) is 53.3 Å². The Kier molecular flexibility index (Phi) is 5.03. The number of rotatable bonds is 4. The van der Waals surface area contributed by atoms with Crippen LogP contribution < -0.4 is 4.74 Å². The number of amides is 1. The first kappa shape index (κ1) is 15.9. The number of carbonyl (C=O) groups is 1. The Bertz CT molecular complexity index is 720. The van der Waals surface area contributed by atoms with Gasteiger partial charge >= 0.3 is 0 Å². The van der Waals surface area contributed by atoms with Crippen molar-refractivity contribution >= 4 is 17.5 Å². The molecule has 0 spiro atoms. The molecular formula is C17H15ClN2O2. The lowest BCUT2D eigenvalue weighted by molar-refractivity contribution is 0.0781. The van der Waals surface area contributed by atoms with Crippen LogP contribution in [0.5, 0.6) is 5.75 Å². The molecule has 0 saturated heterocycles. The zero-order valence-electron chi connectivity index (χ0n) is 12.3. The van der Waals surface area contributed by atoms with Crippen molar-refractivity contribution in [1.29, 1.82) is 5.26 Å². The molecule has 2 aromatic rings. The maximum absolute atomic E-state index is 12.5. The predicted molar refractivity (Wildman–Crippen MR) is 85.0 cm³/mol. The SMILES string of the molecule is COc1ccc(Cl)cc1C(=O)N(C)Cc1ccc(C#N)cc1. The molecule has 0 aromatic heterocycles. The number of methoxy groups -OCH3 is 1. The summed E-state index contributed by atoms with van der Waals surface area (Å²) >= 11 is 5.96. The Morgan fingerprint density at radius 3 is 2.55 bits per heavy atom. The molecule has 0 radical (unpaired) electrons. The summed E-state index contributed by atoms with van der Waals surface area (Å²) in [4.78, 5) is 14.1. The van der Waals surface area contributed by atoms with Crippen LogP contribution >= 0.6 is 11.6 Å². The van der Waals surface area contributed by atoms with Gasteiger partial charge in [-0.15, -0.1) is 0 Å². The lowest BCUT2D eigenvalue weighted by atomic mass is 10.1. The van der Waals surface area contributed by atoms with Crippen molar-refractivity contribution in [3.8, 4) is 11.8 Å². The Balaban J connectivity index is 2.18. The number of benzene rings is 2. The summed E-state index contributed by atoms with van der Waals surface area (Å²) in [6.07, 6.45) is 0. The van der Waals surface area contributed by atoms with Crippen molar-refractivity contribution in [2.24, 2.45) is 0 Å². The number of hydrogen-bond donors (Lipinski definition) is 0. The van der Waals surface area contributed by atoms with Gasteiger partial charge in [-0.1, -0.05) is 23.7 Å². The molecular weight excluding hydrogens is 300 g/mol. The quantitative estimate of drug-likeness (QED) is 0.868. The fourth-order valence-corrected chi connectivity index (χ4v) is 2.26. The summed E-state index contributed by atoms with van der Waals surface area (Å²) in [5, 5.41) is 9.27. The van der Waals surface area contributed by atoms with Crippen LogP contribution in [0.4, 0.5) is 0 Å². The molecule has 112 valence electrons. The maximum atomic E-state index is 12.5. The zero-order valence-corrected chi connectivity index (χ0v) is 13.1. The van der Waals surface area contributed by atoms with E-state index in [2.05, 4.69) is 6.07 Å². The lowest BCUT2D eigenvalue weighted by Gasteiger charge is -2.19. The van der Waals surface area contributed by atoms with Crippen LogP contribution in [0, 0.1) is 11.3 Å². The first-order valence-electron chi connectivity index (χ1n) is 6.63. The highest BCUT2D eigenvalue weighted by Crippen LogP contribution is 2.24. The Hall–Kier alpha value is -2.51. The highest BCUT2D eigenvalue weighted by molar-refractivity contribution is 6.31. The number of nitrogens with zero attached hydrogens (tertiary/aromatic N) is 2. The monoisotopic (exact) mass is 314 g/mol. The van der Waals surface area contributed by atoms with E-state index in [1.807, 2.05) is 12.1 Å². The second-order valence-electron chi connectivity index (χ2n) is 4.81. The molecule has 0 aliphatic carbocycles. The molecule has 22 heavy (non-hydrogen) atoms. The minimum Gasteiger partial charge on any atom is -0.496 e. The average Bonchev–Trinajstić information content (AvgIpc) is 2.54. The summed E-state index contributed by atoms with van der Waals surface area (Å²) in [6, 6.07) is 14.1. The van der Waals surface area contributed by atoms with Gasteiger partial charge in [-0.2, -0.15) is 5.26 Å². The normalized spacial score (nSPS) is 9.91. The molecule has 0 saturated carbocycles. The molecule has 1 amide bonds. The van der Waals surface area contributed by atoms with Gasteiger partial charge in [0.1, 0.15) is 5.75 Å². The van der Waals surface area contributed by atoms with Gasteiger partial charge in [0.25, 0.3) is 5.91 Å². The van der Waals surface area contributed by atoms with Gasteiger partial charge in [0.05, 0.1) is 24.3 Å².